The number of hydrogen-bond donors (Lipinski definition) is 0. The van der Waals surface area contributed by atoms with E-state index in [4.69, 9.17) is 11.6 Å². The molecule has 0 atom stereocenters. The Morgan fingerprint density at radius 3 is 2.12 bits per heavy atom. The summed E-state index contributed by atoms with van der Waals surface area (Å²) in [5, 5.41) is 0. The van der Waals surface area contributed by atoms with Crippen LogP contribution in [0.3, 0.4) is 0 Å². The number of rotatable bonds is 2. The maximum absolute atomic E-state index is 5.70. The molecule has 8 heavy (non-hydrogen) atoms. The average molecular weight is 135 g/mol. The van der Waals surface area contributed by atoms with Crippen molar-refractivity contribution < 1.29 is 4.48 Å². The summed E-state index contributed by atoms with van der Waals surface area (Å²) in [6.45, 7) is 0. The van der Waals surface area contributed by atoms with E-state index in [1.165, 1.54) is 12.8 Å². The Labute approximate surface area is 55.8 Å². The van der Waals surface area contributed by atoms with Gasteiger partial charge in [-0.2, -0.15) is 0 Å². The van der Waals surface area contributed by atoms with Gasteiger partial charge < -0.3 is 4.48 Å². The molecule has 0 aromatic heterocycles. The fourth-order valence-electron chi connectivity index (χ4n) is 0.871. The van der Waals surface area contributed by atoms with E-state index in [-0.39, 0.29) is 0 Å². The van der Waals surface area contributed by atoms with Gasteiger partial charge in [-0.15, -0.1) is 0 Å². The van der Waals surface area contributed by atoms with Crippen molar-refractivity contribution in [1.82, 2.24) is 0 Å². The van der Waals surface area contributed by atoms with Gasteiger partial charge in [0.05, 0.1) is 20.1 Å². The Bertz CT molecular complexity index is 86.5. The zero-order chi connectivity index (χ0) is 6.20. The van der Waals surface area contributed by atoms with Crippen molar-refractivity contribution in [2.45, 2.75) is 18.9 Å². The van der Waals surface area contributed by atoms with Gasteiger partial charge in [0.2, 0.25) is 0 Å². The van der Waals surface area contributed by atoms with Crippen LogP contribution in [-0.4, -0.2) is 30.6 Å². The molecule has 0 heterocycles. The largest absolute Gasteiger partial charge is 0.313 e. The van der Waals surface area contributed by atoms with Gasteiger partial charge in [0.1, 0.15) is 0 Å². The molecule has 0 aliphatic heterocycles. The first-order valence-electron chi connectivity index (χ1n) is 3.05. The van der Waals surface area contributed by atoms with Gasteiger partial charge in [-0.25, -0.2) is 0 Å². The molecule has 2 heteroatoms. The molecule has 0 aromatic carbocycles. The Kier molecular flexibility index (Phi) is 1.50. The zero-order valence-corrected chi connectivity index (χ0v) is 6.28. The average Bonchev–Trinajstić information content (AvgIpc) is 2.44. The van der Waals surface area contributed by atoms with Crippen molar-refractivity contribution in [1.29, 1.82) is 0 Å². The lowest BCUT2D eigenvalue weighted by atomic mass is 10.5. The smallest absolute Gasteiger partial charge is 0.154 e. The summed E-state index contributed by atoms with van der Waals surface area (Å²) in [7, 11) is 4.37. The second-order valence-corrected chi connectivity index (χ2v) is 3.37. The van der Waals surface area contributed by atoms with Gasteiger partial charge in [0, 0.05) is 12.8 Å². The van der Waals surface area contributed by atoms with E-state index in [1.54, 1.807) is 0 Å². The molecule has 0 bridgehead atoms. The molecule has 0 saturated heterocycles. The highest BCUT2D eigenvalue weighted by molar-refractivity contribution is 6.16. The summed E-state index contributed by atoms with van der Waals surface area (Å²) in [6.07, 6.45) is 2.75. The Morgan fingerprint density at radius 2 is 2.00 bits per heavy atom. The molecule has 48 valence electrons. The van der Waals surface area contributed by atoms with Crippen LogP contribution in [0.15, 0.2) is 0 Å². The minimum absolute atomic E-state index is 0.755. The van der Waals surface area contributed by atoms with E-state index in [2.05, 4.69) is 14.1 Å². The summed E-state index contributed by atoms with van der Waals surface area (Å²) in [6, 6.07) is 1.62. The third-order valence-corrected chi connectivity index (χ3v) is 2.46. The SMILES string of the molecule is C[N+](C)(CCl)C1CC1. The zero-order valence-electron chi connectivity index (χ0n) is 5.52. The van der Waals surface area contributed by atoms with Crippen molar-refractivity contribution in [2.24, 2.45) is 0 Å². The second-order valence-electron chi connectivity index (χ2n) is 3.13. The number of quaternary nitrogens is 1. The van der Waals surface area contributed by atoms with E-state index >= 15 is 0 Å². The predicted octanol–water partition coefficient (Wildman–Crippen LogP) is 1.42. The van der Waals surface area contributed by atoms with Crippen molar-refractivity contribution in [3.8, 4) is 0 Å². The third-order valence-electron chi connectivity index (χ3n) is 1.84. The standard InChI is InChI=1S/C6H13ClN/c1-8(2,5-7)6-3-4-6/h6H,3-5H2,1-2H3/q+1. The topological polar surface area (TPSA) is 0 Å². The van der Waals surface area contributed by atoms with Crippen LogP contribution in [0.25, 0.3) is 0 Å². The van der Waals surface area contributed by atoms with Crippen LogP contribution in [0.1, 0.15) is 12.8 Å². The van der Waals surface area contributed by atoms with Crippen LogP contribution in [0.4, 0.5) is 0 Å². The van der Waals surface area contributed by atoms with E-state index in [1.807, 2.05) is 0 Å². The monoisotopic (exact) mass is 134 g/mol. The molecule has 0 amide bonds. The van der Waals surface area contributed by atoms with Gasteiger partial charge in [-0.3, -0.25) is 0 Å². The van der Waals surface area contributed by atoms with E-state index < -0.39 is 0 Å². The summed E-state index contributed by atoms with van der Waals surface area (Å²) in [5.41, 5.74) is 0. The molecule has 0 radical (unpaired) electrons. The number of nitrogens with zero attached hydrogens (tertiary/aromatic N) is 1. The highest BCUT2D eigenvalue weighted by atomic mass is 35.5. The highest BCUT2D eigenvalue weighted by Crippen LogP contribution is 2.30. The first-order chi connectivity index (χ1) is 3.67. The molecule has 1 rings (SSSR count). The molecule has 1 nitrogen and oxygen atoms in total. The van der Waals surface area contributed by atoms with Crippen LogP contribution in [0.5, 0.6) is 0 Å². The lowest BCUT2D eigenvalue weighted by Gasteiger charge is -2.26. The van der Waals surface area contributed by atoms with Crippen molar-refractivity contribution >= 4 is 11.6 Å². The Balaban J connectivity index is 2.37. The molecule has 0 aromatic rings. The van der Waals surface area contributed by atoms with Crippen LogP contribution >= 0.6 is 11.6 Å². The molecule has 1 aliphatic carbocycles. The Hall–Kier alpha value is 0.250. The van der Waals surface area contributed by atoms with Crippen molar-refractivity contribution in [3.05, 3.63) is 0 Å². The van der Waals surface area contributed by atoms with Gasteiger partial charge in [0.25, 0.3) is 0 Å². The van der Waals surface area contributed by atoms with Crippen LogP contribution in [-0.2, 0) is 0 Å². The fourth-order valence-corrected chi connectivity index (χ4v) is 1.07. The third kappa shape index (κ3) is 1.15. The van der Waals surface area contributed by atoms with Crippen molar-refractivity contribution in [3.63, 3.8) is 0 Å². The van der Waals surface area contributed by atoms with E-state index in [0.717, 1.165) is 16.5 Å². The quantitative estimate of drug-likeness (QED) is 0.305. The minimum Gasteiger partial charge on any atom is -0.313 e. The van der Waals surface area contributed by atoms with Crippen LogP contribution in [0, 0.1) is 0 Å². The molecule has 0 spiro atoms. The summed E-state index contributed by atoms with van der Waals surface area (Å²) in [5.74, 6) is 0. The summed E-state index contributed by atoms with van der Waals surface area (Å²) >= 11 is 5.70. The molecule has 0 unspecified atom stereocenters. The molecule has 1 aliphatic rings. The number of hydrogen-bond acceptors (Lipinski definition) is 0. The van der Waals surface area contributed by atoms with Crippen LogP contribution < -0.4 is 0 Å². The molecular formula is C6H13ClN+. The summed E-state index contributed by atoms with van der Waals surface area (Å²) < 4.78 is 1.00. The maximum atomic E-state index is 5.70. The second kappa shape index (κ2) is 1.89. The van der Waals surface area contributed by atoms with E-state index in [0.29, 0.717) is 0 Å². The first kappa shape index (κ1) is 6.37. The maximum Gasteiger partial charge on any atom is 0.154 e. The van der Waals surface area contributed by atoms with Gasteiger partial charge in [0.15, 0.2) is 6.00 Å². The van der Waals surface area contributed by atoms with Gasteiger partial charge in [-0.1, -0.05) is 11.6 Å². The van der Waals surface area contributed by atoms with Crippen molar-refractivity contribution in [2.75, 3.05) is 20.1 Å². The van der Waals surface area contributed by atoms with Gasteiger partial charge in [-0.05, 0) is 0 Å². The minimum atomic E-state index is 0.755. The van der Waals surface area contributed by atoms with E-state index in [9.17, 15) is 0 Å². The highest BCUT2D eigenvalue weighted by Gasteiger charge is 2.37. The lowest BCUT2D eigenvalue weighted by Crippen LogP contribution is -2.40. The molecule has 0 N–H and O–H groups in total. The van der Waals surface area contributed by atoms with Crippen LogP contribution in [0.2, 0.25) is 0 Å². The van der Waals surface area contributed by atoms with Gasteiger partial charge >= 0.3 is 0 Å². The summed E-state index contributed by atoms with van der Waals surface area (Å²) in [4.78, 5) is 0. The Morgan fingerprint density at radius 1 is 1.50 bits per heavy atom. The molecule has 1 fully saturated rings. The first-order valence-corrected chi connectivity index (χ1v) is 3.59. The molecule has 1 saturated carbocycles. The lowest BCUT2D eigenvalue weighted by molar-refractivity contribution is -0.890. The molecular weight excluding hydrogens is 122 g/mol. The number of halogens is 1. The predicted molar refractivity (Wildman–Crippen MR) is 35.9 cm³/mol. The fraction of sp³-hybridized carbons (Fsp3) is 1.00. The normalized spacial score (nSPS) is 21.4. The number of alkyl halides is 1.